The number of aromatic carboxylic acids is 1. The SMILES string of the molecule is O=C(O)c1ccc(F)cc1NC(=O)c1cccc(Cl)c1F. The van der Waals surface area contributed by atoms with Gasteiger partial charge in [0.25, 0.3) is 5.91 Å². The molecule has 108 valence electrons. The number of carboxylic acids is 1. The summed E-state index contributed by atoms with van der Waals surface area (Å²) in [6.45, 7) is 0. The smallest absolute Gasteiger partial charge is 0.337 e. The lowest BCUT2D eigenvalue weighted by molar-refractivity contribution is 0.0698. The third-order valence-electron chi connectivity index (χ3n) is 2.66. The number of benzene rings is 2. The van der Waals surface area contributed by atoms with Crippen molar-refractivity contribution in [3.8, 4) is 0 Å². The number of carbonyl (C=O) groups is 2. The van der Waals surface area contributed by atoms with Crippen molar-refractivity contribution >= 4 is 29.2 Å². The molecule has 0 aliphatic carbocycles. The lowest BCUT2D eigenvalue weighted by atomic mass is 10.1. The molecule has 2 N–H and O–H groups in total. The maximum absolute atomic E-state index is 13.7. The first-order valence-corrected chi connectivity index (χ1v) is 6.06. The number of anilines is 1. The largest absolute Gasteiger partial charge is 0.478 e. The van der Waals surface area contributed by atoms with Crippen molar-refractivity contribution in [1.29, 1.82) is 0 Å². The molecule has 2 aromatic rings. The molecule has 21 heavy (non-hydrogen) atoms. The summed E-state index contributed by atoms with van der Waals surface area (Å²) in [5, 5.41) is 10.9. The van der Waals surface area contributed by atoms with Gasteiger partial charge in [-0.3, -0.25) is 4.79 Å². The highest BCUT2D eigenvalue weighted by Gasteiger charge is 2.18. The van der Waals surface area contributed by atoms with Crippen LogP contribution in [0.15, 0.2) is 36.4 Å². The molecule has 0 heterocycles. The molecule has 2 aromatic carbocycles. The van der Waals surface area contributed by atoms with E-state index in [-0.39, 0.29) is 21.8 Å². The van der Waals surface area contributed by atoms with Crippen molar-refractivity contribution in [2.75, 3.05) is 5.32 Å². The fourth-order valence-corrected chi connectivity index (χ4v) is 1.85. The van der Waals surface area contributed by atoms with E-state index in [1.54, 1.807) is 0 Å². The van der Waals surface area contributed by atoms with E-state index in [0.717, 1.165) is 18.2 Å². The minimum Gasteiger partial charge on any atom is -0.478 e. The Morgan fingerprint density at radius 2 is 1.81 bits per heavy atom. The van der Waals surface area contributed by atoms with Crippen LogP contribution in [0.5, 0.6) is 0 Å². The first kappa shape index (κ1) is 14.9. The third kappa shape index (κ3) is 3.17. The first-order chi connectivity index (χ1) is 9.90. The quantitative estimate of drug-likeness (QED) is 0.910. The molecule has 4 nitrogen and oxygen atoms in total. The summed E-state index contributed by atoms with van der Waals surface area (Å²) >= 11 is 5.56. The summed E-state index contributed by atoms with van der Waals surface area (Å²) in [6, 6.07) is 6.59. The van der Waals surface area contributed by atoms with Crippen LogP contribution in [0.2, 0.25) is 5.02 Å². The number of nitrogens with one attached hydrogen (secondary N) is 1. The van der Waals surface area contributed by atoms with Gasteiger partial charge in [0.05, 0.1) is 21.8 Å². The predicted molar refractivity (Wildman–Crippen MR) is 72.7 cm³/mol. The number of rotatable bonds is 3. The van der Waals surface area contributed by atoms with Gasteiger partial charge in [-0.25, -0.2) is 13.6 Å². The number of hydrogen-bond acceptors (Lipinski definition) is 2. The van der Waals surface area contributed by atoms with Crippen LogP contribution >= 0.6 is 11.6 Å². The van der Waals surface area contributed by atoms with E-state index in [0.29, 0.717) is 0 Å². The van der Waals surface area contributed by atoms with Gasteiger partial charge in [0.15, 0.2) is 5.82 Å². The van der Waals surface area contributed by atoms with E-state index in [1.165, 1.54) is 18.2 Å². The van der Waals surface area contributed by atoms with E-state index in [1.807, 2.05) is 0 Å². The lowest BCUT2D eigenvalue weighted by Gasteiger charge is -2.09. The lowest BCUT2D eigenvalue weighted by Crippen LogP contribution is -2.16. The Bertz CT molecular complexity index is 734. The predicted octanol–water partition coefficient (Wildman–Crippen LogP) is 3.57. The highest BCUT2D eigenvalue weighted by Crippen LogP contribution is 2.21. The molecule has 1 amide bonds. The molecule has 0 atom stereocenters. The summed E-state index contributed by atoms with van der Waals surface area (Å²) in [5.41, 5.74) is -0.956. The zero-order valence-corrected chi connectivity index (χ0v) is 11.1. The topological polar surface area (TPSA) is 66.4 Å². The van der Waals surface area contributed by atoms with Gasteiger partial charge in [-0.05, 0) is 30.3 Å². The van der Waals surface area contributed by atoms with Crippen LogP contribution in [0.3, 0.4) is 0 Å². The third-order valence-corrected chi connectivity index (χ3v) is 2.95. The van der Waals surface area contributed by atoms with Crippen LogP contribution in [0.4, 0.5) is 14.5 Å². The standard InChI is InChI=1S/C14H8ClF2NO3/c15-10-3-1-2-9(12(10)17)13(19)18-11-6-7(16)4-5-8(11)14(20)21/h1-6H,(H,18,19)(H,20,21). The Kier molecular flexibility index (Phi) is 4.18. The van der Waals surface area contributed by atoms with Crippen molar-refractivity contribution < 1.29 is 23.5 Å². The molecule has 7 heteroatoms. The maximum atomic E-state index is 13.7. The molecule has 0 radical (unpaired) electrons. The van der Waals surface area contributed by atoms with Crippen molar-refractivity contribution in [2.24, 2.45) is 0 Å². The van der Waals surface area contributed by atoms with E-state index in [9.17, 15) is 18.4 Å². The van der Waals surface area contributed by atoms with Gasteiger partial charge < -0.3 is 10.4 Å². The monoisotopic (exact) mass is 311 g/mol. The van der Waals surface area contributed by atoms with E-state index in [2.05, 4.69) is 5.32 Å². The molecule has 0 bridgehead atoms. The van der Waals surface area contributed by atoms with Crippen LogP contribution in [0.25, 0.3) is 0 Å². The molecule has 0 unspecified atom stereocenters. The molecular weight excluding hydrogens is 304 g/mol. The van der Waals surface area contributed by atoms with Gasteiger partial charge in [0, 0.05) is 0 Å². The fraction of sp³-hybridized carbons (Fsp3) is 0. The Morgan fingerprint density at radius 1 is 1.10 bits per heavy atom. The van der Waals surface area contributed by atoms with E-state index in [4.69, 9.17) is 16.7 Å². The van der Waals surface area contributed by atoms with Gasteiger partial charge in [-0.15, -0.1) is 0 Å². The molecule has 0 aliphatic heterocycles. The van der Waals surface area contributed by atoms with Crippen LogP contribution in [0, 0.1) is 11.6 Å². The first-order valence-electron chi connectivity index (χ1n) is 5.68. The number of amides is 1. The molecule has 0 saturated heterocycles. The second-order valence-corrected chi connectivity index (χ2v) is 4.46. The Hall–Kier alpha value is -2.47. The van der Waals surface area contributed by atoms with Crippen molar-refractivity contribution in [3.63, 3.8) is 0 Å². The van der Waals surface area contributed by atoms with Crippen molar-refractivity contribution in [3.05, 3.63) is 64.2 Å². The molecule has 2 rings (SSSR count). The second kappa shape index (κ2) is 5.88. The summed E-state index contributed by atoms with van der Waals surface area (Å²) in [4.78, 5) is 23.0. The normalized spacial score (nSPS) is 10.2. The summed E-state index contributed by atoms with van der Waals surface area (Å²) in [6.07, 6.45) is 0. The van der Waals surface area contributed by atoms with E-state index < -0.39 is 23.5 Å². The molecule has 0 aromatic heterocycles. The Balaban J connectivity index is 2.38. The summed E-state index contributed by atoms with van der Waals surface area (Å²) < 4.78 is 26.9. The maximum Gasteiger partial charge on any atom is 0.337 e. The van der Waals surface area contributed by atoms with Gasteiger partial charge in [-0.1, -0.05) is 17.7 Å². The number of carboxylic acid groups (broad SMARTS) is 1. The second-order valence-electron chi connectivity index (χ2n) is 4.05. The highest BCUT2D eigenvalue weighted by atomic mass is 35.5. The fourth-order valence-electron chi connectivity index (χ4n) is 1.68. The zero-order valence-electron chi connectivity index (χ0n) is 10.4. The van der Waals surface area contributed by atoms with Gasteiger partial charge in [-0.2, -0.15) is 0 Å². The van der Waals surface area contributed by atoms with E-state index >= 15 is 0 Å². The van der Waals surface area contributed by atoms with Crippen molar-refractivity contribution in [1.82, 2.24) is 0 Å². The molecular formula is C14H8ClF2NO3. The molecule has 0 aliphatic rings. The van der Waals surface area contributed by atoms with Crippen molar-refractivity contribution in [2.45, 2.75) is 0 Å². The van der Waals surface area contributed by atoms with Gasteiger partial charge in [0.1, 0.15) is 5.82 Å². The highest BCUT2D eigenvalue weighted by molar-refractivity contribution is 6.31. The average molecular weight is 312 g/mol. The number of carbonyl (C=O) groups excluding carboxylic acids is 1. The molecule has 0 spiro atoms. The summed E-state index contributed by atoms with van der Waals surface area (Å²) in [7, 11) is 0. The van der Waals surface area contributed by atoms with Crippen LogP contribution < -0.4 is 5.32 Å². The van der Waals surface area contributed by atoms with Crippen LogP contribution in [-0.4, -0.2) is 17.0 Å². The minimum atomic E-state index is -1.35. The average Bonchev–Trinajstić information content (AvgIpc) is 2.41. The molecule has 0 saturated carbocycles. The van der Waals surface area contributed by atoms with Gasteiger partial charge in [0.2, 0.25) is 0 Å². The Labute approximate surface area is 123 Å². The van der Waals surface area contributed by atoms with Crippen LogP contribution in [-0.2, 0) is 0 Å². The Morgan fingerprint density at radius 3 is 2.48 bits per heavy atom. The summed E-state index contributed by atoms with van der Waals surface area (Å²) in [5.74, 6) is -3.95. The van der Waals surface area contributed by atoms with Crippen LogP contribution in [0.1, 0.15) is 20.7 Å². The zero-order chi connectivity index (χ0) is 15.6. The number of hydrogen-bond donors (Lipinski definition) is 2. The minimum absolute atomic E-state index is 0.250. The molecule has 0 fully saturated rings. The van der Waals surface area contributed by atoms with Gasteiger partial charge >= 0.3 is 5.97 Å². The number of halogens is 3.